The van der Waals surface area contributed by atoms with Crippen LogP contribution in [-0.2, 0) is 16.0 Å². The number of carbonyl (C=O) groups is 2. The van der Waals surface area contributed by atoms with Gasteiger partial charge in [-0.05, 0) is 41.8 Å². The van der Waals surface area contributed by atoms with Gasteiger partial charge in [-0.3, -0.25) is 9.59 Å². The first-order valence-corrected chi connectivity index (χ1v) is 11.7. The van der Waals surface area contributed by atoms with Gasteiger partial charge in [0, 0.05) is 31.7 Å². The fourth-order valence-corrected chi connectivity index (χ4v) is 3.97. The van der Waals surface area contributed by atoms with Gasteiger partial charge in [0.2, 0.25) is 11.8 Å². The molecule has 4 rings (SSSR count). The number of hydrogen-bond donors (Lipinski definition) is 2. The Labute approximate surface area is 204 Å². The molecule has 0 bridgehead atoms. The van der Waals surface area contributed by atoms with Gasteiger partial charge in [0.1, 0.15) is 11.9 Å². The Bertz CT molecular complexity index is 1110. The number of hydrogen-bond acceptors (Lipinski definition) is 5. The highest BCUT2D eigenvalue weighted by Crippen LogP contribution is 2.19. The molecule has 7 nitrogen and oxygen atoms in total. The summed E-state index contributed by atoms with van der Waals surface area (Å²) in [7, 11) is 1.81. The topological polar surface area (TPSA) is 77.6 Å². The Balaban J connectivity index is 1.40. The molecule has 0 aliphatic carbocycles. The van der Waals surface area contributed by atoms with Crippen molar-refractivity contribution < 1.29 is 9.59 Å². The summed E-state index contributed by atoms with van der Waals surface area (Å²) in [5.74, 6) is 0.367. The predicted octanol–water partition coefficient (Wildman–Crippen LogP) is 3.53. The molecule has 176 valence electrons. The van der Waals surface area contributed by atoms with Crippen molar-refractivity contribution in [2.24, 2.45) is 0 Å². The summed E-state index contributed by atoms with van der Waals surface area (Å²) in [5.41, 5.74) is 2.88. The Kier molecular flexibility index (Phi) is 7.77. The van der Waals surface area contributed by atoms with E-state index < -0.39 is 6.04 Å². The first-order valence-electron chi connectivity index (χ1n) is 11.3. The summed E-state index contributed by atoms with van der Waals surface area (Å²) in [6.45, 7) is 2.39. The summed E-state index contributed by atoms with van der Waals surface area (Å²) in [5, 5.41) is 6.99. The largest absolute Gasteiger partial charge is 0.359 e. The fourth-order valence-electron chi connectivity index (χ4n) is 3.84. The molecule has 1 aliphatic heterocycles. The van der Waals surface area contributed by atoms with Crippen LogP contribution in [0.25, 0.3) is 0 Å². The second kappa shape index (κ2) is 11.1. The van der Waals surface area contributed by atoms with Gasteiger partial charge < -0.3 is 20.4 Å². The first-order chi connectivity index (χ1) is 16.5. The third kappa shape index (κ3) is 6.12. The van der Waals surface area contributed by atoms with E-state index in [-0.39, 0.29) is 11.8 Å². The van der Waals surface area contributed by atoms with E-state index in [9.17, 15) is 9.59 Å². The lowest BCUT2D eigenvalue weighted by atomic mass is 10.1. The average Bonchev–Trinajstić information content (AvgIpc) is 2.85. The summed E-state index contributed by atoms with van der Waals surface area (Å²) in [6, 6.07) is 20.5. The van der Waals surface area contributed by atoms with Crippen LogP contribution < -0.4 is 15.5 Å². The highest BCUT2D eigenvalue weighted by atomic mass is 35.5. The van der Waals surface area contributed by atoms with E-state index in [2.05, 4.69) is 15.6 Å². The zero-order valence-electron chi connectivity index (χ0n) is 19.1. The van der Waals surface area contributed by atoms with Crippen LogP contribution in [0.2, 0.25) is 5.02 Å². The number of carbonyl (C=O) groups excluding carboxylic acids is 2. The molecule has 1 atom stereocenters. The molecule has 0 unspecified atom stereocenters. The molecule has 34 heavy (non-hydrogen) atoms. The standard InChI is InChI=1S/C26H28ClN5O2/c1-31-15-16-32(18-24(31)33)22-11-12-23(29-17-22)30-26(34)25(20-5-3-2-4-6-20)28-14-13-19-7-9-21(27)10-8-19/h2-12,17,25,28H,13-16,18H2,1H3,(H,29,30,34)/t25-/m1/s1. The molecule has 2 aromatic carbocycles. The van der Waals surface area contributed by atoms with Crippen molar-refractivity contribution in [2.75, 3.05) is 43.4 Å². The van der Waals surface area contributed by atoms with Crippen LogP contribution in [0.4, 0.5) is 11.5 Å². The van der Waals surface area contributed by atoms with Crippen molar-refractivity contribution in [3.8, 4) is 0 Å². The number of halogens is 1. The van der Waals surface area contributed by atoms with E-state index in [0.29, 0.717) is 30.5 Å². The third-order valence-corrected chi connectivity index (χ3v) is 6.14. The van der Waals surface area contributed by atoms with Crippen LogP contribution in [0, 0.1) is 0 Å². The Morgan fingerprint density at radius 1 is 1.06 bits per heavy atom. The second-order valence-corrected chi connectivity index (χ2v) is 8.74. The molecular weight excluding hydrogens is 450 g/mol. The molecule has 0 saturated carbocycles. The highest BCUT2D eigenvalue weighted by molar-refractivity contribution is 6.30. The molecule has 2 heterocycles. The number of likely N-dealkylation sites (N-methyl/N-ethyl adjacent to an activating group) is 1. The van der Waals surface area contributed by atoms with Crippen LogP contribution in [0.5, 0.6) is 0 Å². The minimum atomic E-state index is -0.523. The van der Waals surface area contributed by atoms with Crippen molar-refractivity contribution in [1.29, 1.82) is 0 Å². The van der Waals surface area contributed by atoms with E-state index >= 15 is 0 Å². The van der Waals surface area contributed by atoms with E-state index in [0.717, 1.165) is 29.8 Å². The SMILES string of the molecule is CN1CCN(c2ccc(NC(=O)[C@H](NCCc3ccc(Cl)cc3)c3ccccc3)nc2)CC1=O. The third-order valence-electron chi connectivity index (χ3n) is 5.89. The maximum Gasteiger partial charge on any atom is 0.247 e. The molecule has 0 spiro atoms. The molecule has 2 amide bonds. The van der Waals surface area contributed by atoms with Crippen molar-refractivity contribution in [3.05, 3.63) is 89.1 Å². The number of amides is 2. The molecular formula is C26H28ClN5O2. The maximum absolute atomic E-state index is 13.2. The zero-order chi connectivity index (χ0) is 23.9. The second-order valence-electron chi connectivity index (χ2n) is 8.30. The minimum absolute atomic E-state index is 0.0824. The fraction of sp³-hybridized carbons (Fsp3) is 0.269. The van der Waals surface area contributed by atoms with Crippen LogP contribution in [-0.4, -0.2) is 54.9 Å². The maximum atomic E-state index is 13.2. The number of rotatable bonds is 8. The van der Waals surface area contributed by atoms with Gasteiger partial charge >= 0.3 is 0 Å². The Morgan fingerprint density at radius 3 is 2.50 bits per heavy atom. The number of piperazine rings is 1. The average molecular weight is 478 g/mol. The van der Waals surface area contributed by atoms with Gasteiger partial charge in [-0.1, -0.05) is 54.1 Å². The van der Waals surface area contributed by atoms with Crippen LogP contribution in [0.3, 0.4) is 0 Å². The van der Waals surface area contributed by atoms with E-state index in [4.69, 9.17) is 11.6 Å². The number of benzene rings is 2. The number of pyridine rings is 1. The Morgan fingerprint density at radius 2 is 1.82 bits per heavy atom. The van der Waals surface area contributed by atoms with Gasteiger partial charge in [-0.15, -0.1) is 0 Å². The summed E-state index contributed by atoms with van der Waals surface area (Å²) in [6.07, 6.45) is 2.46. The smallest absolute Gasteiger partial charge is 0.247 e. The predicted molar refractivity (Wildman–Crippen MR) is 135 cm³/mol. The quantitative estimate of drug-likeness (QED) is 0.519. The zero-order valence-corrected chi connectivity index (χ0v) is 19.8. The van der Waals surface area contributed by atoms with Gasteiger partial charge in [-0.25, -0.2) is 4.98 Å². The number of anilines is 2. The van der Waals surface area contributed by atoms with Crippen LogP contribution in [0.1, 0.15) is 17.2 Å². The number of nitrogens with one attached hydrogen (secondary N) is 2. The minimum Gasteiger partial charge on any atom is -0.359 e. The van der Waals surface area contributed by atoms with Gasteiger partial charge in [0.05, 0.1) is 18.4 Å². The van der Waals surface area contributed by atoms with Gasteiger partial charge in [0.25, 0.3) is 0 Å². The molecule has 2 N–H and O–H groups in total. The normalized spacial score (nSPS) is 14.7. The van der Waals surface area contributed by atoms with E-state index in [1.54, 1.807) is 17.2 Å². The summed E-state index contributed by atoms with van der Waals surface area (Å²) in [4.78, 5) is 33.3. The lowest BCUT2D eigenvalue weighted by Crippen LogP contribution is -2.48. The Hall–Kier alpha value is -3.42. The summed E-state index contributed by atoms with van der Waals surface area (Å²) >= 11 is 5.97. The van der Waals surface area contributed by atoms with Crippen molar-refractivity contribution in [3.63, 3.8) is 0 Å². The molecule has 1 fully saturated rings. The van der Waals surface area contributed by atoms with E-state index in [1.807, 2.05) is 72.6 Å². The first kappa shape index (κ1) is 23.7. The molecule has 0 radical (unpaired) electrons. The van der Waals surface area contributed by atoms with Gasteiger partial charge in [-0.2, -0.15) is 0 Å². The number of nitrogens with zero attached hydrogens (tertiary/aromatic N) is 3. The van der Waals surface area contributed by atoms with Crippen molar-refractivity contribution >= 4 is 34.9 Å². The lowest BCUT2D eigenvalue weighted by Gasteiger charge is -2.33. The number of aromatic nitrogens is 1. The molecule has 1 aromatic heterocycles. The van der Waals surface area contributed by atoms with Crippen LogP contribution in [0.15, 0.2) is 72.9 Å². The van der Waals surface area contributed by atoms with Crippen LogP contribution >= 0.6 is 11.6 Å². The monoisotopic (exact) mass is 477 g/mol. The lowest BCUT2D eigenvalue weighted by molar-refractivity contribution is -0.129. The molecule has 8 heteroatoms. The molecule has 3 aromatic rings. The van der Waals surface area contributed by atoms with Gasteiger partial charge in [0.15, 0.2) is 0 Å². The molecule has 1 saturated heterocycles. The highest BCUT2D eigenvalue weighted by Gasteiger charge is 2.22. The molecule has 1 aliphatic rings. The van der Waals surface area contributed by atoms with Crippen molar-refractivity contribution in [2.45, 2.75) is 12.5 Å². The van der Waals surface area contributed by atoms with E-state index in [1.165, 1.54) is 0 Å². The van der Waals surface area contributed by atoms with Crippen molar-refractivity contribution in [1.82, 2.24) is 15.2 Å². The summed E-state index contributed by atoms with van der Waals surface area (Å²) < 4.78 is 0.